The van der Waals surface area contributed by atoms with Crippen molar-refractivity contribution in [2.75, 3.05) is 13.1 Å². The van der Waals surface area contributed by atoms with Gasteiger partial charge in [-0.2, -0.15) is 0 Å². The SMILES string of the molecule is CC(C)(C)OC(=O)N1CCCC(/C=N/O)C1. The maximum Gasteiger partial charge on any atom is 0.410 e. The van der Waals surface area contributed by atoms with Gasteiger partial charge in [0, 0.05) is 25.2 Å². The minimum atomic E-state index is -0.463. The Labute approximate surface area is 96.1 Å². The summed E-state index contributed by atoms with van der Waals surface area (Å²) < 4.78 is 5.28. The van der Waals surface area contributed by atoms with Crippen molar-refractivity contribution in [1.29, 1.82) is 0 Å². The standard InChI is InChI=1S/C11H20N2O3/c1-11(2,3)16-10(14)13-6-4-5-9(8-13)7-12-15/h7,9,15H,4-6,8H2,1-3H3/b12-7+. The Morgan fingerprint density at radius 3 is 2.81 bits per heavy atom. The van der Waals surface area contributed by atoms with Crippen LogP contribution in [-0.4, -0.2) is 41.1 Å². The molecule has 0 spiro atoms. The van der Waals surface area contributed by atoms with Crippen LogP contribution in [0.15, 0.2) is 5.16 Å². The van der Waals surface area contributed by atoms with Crippen molar-refractivity contribution in [3.05, 3.63) is 0 Å². The van der Waals surface area contributed by atoms with Gasteiger partial charge < -0.3 is 14.8 Å². The van der Waals surface area contributed by atoms with Crippen LogP contribution in [-0.2, 0) is 4.74 Å². The van der Waals surface area contributed by atoms with E-state index in [0.717, 1.165) is 12.8 Å². The summed E-state index contributed by atoms with van der Waals surface area (Å²) in [5.41, 5.74) is -0.463. The third-order valence-corrected chi connectivity index (χ3v) is 2.39. The molecule has 1 fully saturated rings. The smallest absolute Gasteiger partial charge is 0.410 e. The first kappa shape index (κ1) is 12.8. The zero-order valence-electron chi connectivity index (χ0n) is 10.1. The highest BCUT2D eigenvalue weighted by Gasteiger charge is 2.26. The minimum absolute atomic E-state index is 0.131. The van der Waals surface area contributed by atoms with Gasteiger partial charge in [0.15, 0.2) is 0 Å². The van der Waals surface area contributed by atoms with Gasteiger partial charge in [0.25, 0.3) is 0 Å². The molecule has 0 aromatic carbocycles. The summed E-state index contributed by atoms with van der Waals surface area (Å²) in [5.74, 6) is 0.131. The fraction of sp³-hybridized carbons (Fsp3) is 0.818. The molecule has 5 nitrogen and oxygen atoms in total. The number of amides is 1. The molecule has 1 rings (SSSR count). The maximum atomic E-state index is 11.8. The largest absolute Gasteiger partial charge is 0.444 e. The Bertz CT molecular complexity index is 271. The lowest BCUT2D eigenvalue weighted by Crippen LogP contribution is -2.43. The molecule has 0 radical (unpaired) electrons. The lowest BCUT2D eigenvalue weighted by molar-refractivity contribution is 0.0194. The summed E-state index contributed by atoms with van der Waals surface area (Å²) in [6, 6.07) is 0. The van der Waals surface area contributed by atoms with Gasteiger partial charge >= 0.3 is 6.09 Å². The topological polar surface area (TPSA) is 62.1 Å². The quantitative estimate of drug-likeness (QED) is 0.424. The summed E-state index contributed by atoms with van der Waals surface area (Å²) >= 11 is 0. The van der Waals surface area contributed by atoms with Crippen molar-refractivity contribution in [3.8, 4) is 0 Å². The van der Waals surface area contributed by atoms with Crippen LogP contribution >= 0.6 is 0 Å². The van der Waals surface area contributed by atoms with E-state index in [0.29, 0.717) is 13.1 Å². The van der Waals surface area contributed by atoms with Crippen LogP contribution in [0.5, 0.6) is 0 Å². The van der Waals surface area contributed by atoms with Gasteiger partial charge in [-0.1, -0.05) is 0 Å². The monoisotopic (exact) mass is 228 g/mol. The number of carbonyl (C=O) groups excluding carboxylic acids is 1. The van der Waals surface area contributed by atoms with Crippen molar-refractivity contribution < 1.29 is 14.7 Å². The van der Waals surface area contributed by atoms with Crippen LogP contribution in [0.2, 0.25) is 0 Å². The predicted molar refractivity (Wildman–Crippen MR) is 60.8 cm³/mol. The van der Waals surface area contributed by atoms with E-state index in [1.807, 2.05) is 20.8 Å². The van der Waals surface area contributed by atoms with E-state index in [1.54, 1.807) is 4.90 Å². The van der Waals surface area contributed by atoms with E-state index in [-0.39, 0.29) is 12.0 Å². The molecule has 1 unspecified atom stereocenters. The molecular formula is C11H20N2O3. The van der Waals surface area contributed by atoms with Crippen molar-refractivity contribution in [1.82, 2.24) is 4.90 Å². The molecule has 0 bridgehead atoms. The van der Waals surface area contributed by atoms with Gasteiger partial charge in [0.2, 0.25) is 0 Å². The molecule has 0 aromatic heterocycles. The van der Waals surface area contributed by atoms with E-state index in [2.05, 4.69) is 5.16 Å². The number of hydrogen-bond donors (Lipinski definition) is 1. The fourth-order valence-electron chi connectivity index (χ4n) is 1.72. The molecule has 5 heteroatoms. The molecule has 1 aliphatic rings. The van der Waals surface area contributed by atoms with E-state index in [4.69, 9.17) is 9.94 Å². The average molecular weight is 228 g/mol. The van der Waals surface area contributed by atoms with E-state index in [1.165, 1.54) is 6.21 Å². The average Bonchev–Trinajstić information content (AvgIpc) is 2.16. The maximum absolute atomic E-state index is 11.8. The van der Waals surface area contributed by atoms with Crippen LogP contribution in [0.1, 0.15) is 33.6 Å². The molecule has 1 aliphatic heterocycles. The number of hydrogen-bond acceptors (Lipinski definition) is 4. The molecule has 1 N–H and O–H groups in total. The van der Waals surface area contributed by atoms with Gasteiger partial charge in [0.1, 0.15) is 5.60 Å². The molecular weight excluding hydrogens is 208 g/mol. The normalized spacial score (nSPS) is 22.4. The van der Waals surface area contributed by atoms with Gasteiger partial charge in [-0.3, -0.25) is 0 Å². The Morgan fingerprint density at radius 1 is 1.56 bits per heavy atom. The number of rotatable bonds is 1. The zero-order chi connectivity index (χ0) is 12.2. The van der Waals surface area contributed by atoms with Crippen LogP contribution in [0.4, 0.5) is 4.79 Å². The second-order valence-corrected chi connectivity index (χ2v) is 5.09. The summed E-state index contributed by atoms with van der Waals surface area (Å²) in [7, 11) is 0. The minimum Gasteiger partial charge on any atom is -0.444 e. The second-order valence-electron chi connectivity index (χ2n) is 5.09. The summed E-state index contributed by atoms with van der Waals surface area (Å²) in [6.07, 6.45) is 3.05. The third kappa shape index (κ3) is 4.08. The second kappa shape index (κ2) is 5.18. The van der Waals surface area contributed by atoms with Gasteiger partial charge in [0.05, 0.1) is 0 Å². The van der Waals surface area contributed by atoms with Crippen molar-refractivity contribution in [3.63, 3.8) is 0 Å². The van der Waals surface area contributed by atoms with Crippen molar-refractivity contribution in [2.24, 2.45) is 11.1 Å². The number of ether oxygens (including phenoxy) is 1. The molecule has 92 valence electrons. The number of carbonyl (C=O) groups is 1. The Kier molecular flexibility index (Phi) is 4.15. The van der Waals surface area contributed by atoms with Crippen molar-refractivity contribution in [2.45, 2.75) is 39.2 Å². The third-order valence-electron chi connectivity index (χ3n) is 2.39. The van der Waals surface area contributed by atoms with Crippen LogP contribution in [0.3, 0.4) is 0 Å². The number of nitrogens with zero attached hydrogens (tertiary/aromatic N) is 2. The lowest BCUT2D eigenvalue weighted by Gasteiger charge is -2.32. The molecule has 16 heavy (non-hydrogen) atoms. The van der Waals surface area contributed by atoms with E-state index in [9.17, 15) is 4.79 Å². The highest BCUT2D eigenvalue weighted by molar-refractivity contribution is 5.69. The summed E-state index contributed by atoms with van der Waals surface area (Å²) in [6.45, 7) is 6.83. The van der Waals surface area contributed by atoms with Gasteiger partial charge in [-0.05, 0) is 33.6 Å². The summed E-state index contributed by atoms with van der Waals surface area (Å²) in [5, 5.41) is 11.5. The molecule has 0 aromatic rings. The number of likely N-dealkylation sites (tertiary alicyclic amines) is 1. The van der Waals surface area contributed by atoms with Gasteiger partial charge in [-0.25, -0.2) is 4.79 Å². The fourth-order valence-corrected chi connectivity index (χ4v) is 1.72. The van der Waals surface area contributed by atoms with Gasteiger partial charge in [-0.15, -0.1) is 5.16 Å². The Hall–Kier alpha value is -1.26. The lowest BCUT2D eigenvalue weighted by atomic mass is 10.00. The highest BCUT2D eigenvalue weighted by atomic mass is 16.6. The molecule has 1 saturated heterocycles. The Morgan fingerprint density at radius 2 is 2.25 bits per heavy atom. The molecule has 1 amide bonds. The first-order chi connectivity index (χ1) is 7.42. The summed E-state index contributed by atoms with van der Waals surface area (Å²) in [4.78, 5) is 13.4. The predicted octanol–water partition coefficient (Wildman–Crippen LogP) is 2.09. The van der Waals surface area contributed by atoms with E-state index >= 15 is 0 Å². The van der Waals surface area contributed by atoms with Crippen molar-refractivity contribution >= 4 is 12.3 Å². The highest BCUT2D eigenvalue weighted by Crippen LogP contribution is 2.18. The number of oxime groups is 1. The van der Waals surface area contributed by atoms with E-state index < -0.39 is 5.60 Å². The molecule has 0 aliphatic carbocycles. The first-order valence-electron chi connectivity index (χ1n) is 5.58. The van der Waals surface area contributed by atoms with Crippen LogP contribution < -0.4 is 0 Å². The van der Waals surface area contributed by atoms with Crippen LogP contribution in [0, 0.1) is 5.92 Å². The number of piperidine rings is 1. The molecule has 1 atom stereocenters. The molecule has 1 heterocycles. The first-order valence-corrected chi connectivity index (χ1v) is 5.58. The van der Waals surface area contributed by atoms with Crippen LogP contribution in [0.25, 0.3) is 0 Å². The Balaban J connectivity index is 2.50. The zero-order valence-corrected chi connectivity index (χ0v) is 10.1. The molecule has 0 saturated carbocycles.